The minimum atomic E-state index is -0.669. The summed E-state index contributed by atoms with van der Waals surface area (Å²) in [5, 5.41) is 2.98. The summed E-state index contributed by atoms with van der Waals surface area (Å²) < 4.78 is 33.3. The van der Waals surface area contributed by atoms with Gasteiger partial charge in [0.25, 0.3) is 5.91 Å². The number of nitrogens with one attached hydrogen (secondary N) is 1. The average Bonchev–Trinajstić information content (AvgIpc) is 2.98. The summed E-state index contributed by atoms with van der Waals surface area (Å²) in [4.78, 5) is 14.6. The molecule has 4 rings (SSSR count). The first kappa shape index (κ1) is 18.0. The van der Waals surface area contributed by atoms with Gasteiger partial charge in [-0.1, -0.05) is 18.2 Å². The standard InChI is InChI=1S/C22H18F2N2O2/c1-2-28-16-10-8-15(9-11-16)26-21(17-5-3-4-6-18(17)22(26)27)25-20-13-14(23)7-12-19(20)24/h3-13,21,25H,2H2,1H3/t21-/m0/s1. The lowest BCUT2D eigenvalue weighted by Crippen LogP contribution is -2.32. The van der Waals surface area contributed by atoms with Crippen LogP contribution in [0.4, 0.5) is 20.2 Å². The van der Waals surface area contributed by atoms with E-state index in [0.29, 0.717) is 29.2 Å². The molecule has 1 amide bonds. The Kier molecular flexibility index (Phi) is 4.69. The number of nitrogens with zero attached hydrogens (tertiary/aromatic N) is 1. The summed E-state index contributed by atoms with van der Waals surface area (Å²) in [7, 11) is 0. The molecule has 0 aliphatic carbocycles. The molecule has 142 valence electrons. The fourth-order valence-electron chi connectivity index (χ4n) is 3.35. The van der Waals surface area contributed by atoms with Crippen LogP contribution in [0.2, 0.25) is 0 Å². The van der Waals surface area contributed by atoms with Crippen LogP contribution >= 0.6 is 0 Å². The van der Waals surface area contributed by atoms with Crippen molar-refractivity contribution in [1.82, 2.24) is 0 Å². The summed E-state index contributed by atoms with van der Waals surface area (Å²) in [6, 6.07) is 17.4. The van der Waals surface area contributed by atoms with Gasteiger partial charge in [0.1, 0.15) is 23.5 Å². The molecule has 1 atom stereocenters. The summed E-state index contributed by atoms with van der Waals surface area (Å²) in [5.74, 6) is -0.677. The number of rotatable bonds is 5. The third kappa shape index (κ3) is 3.17. The minimum Gasteiger partial charge on any atom is -0.494 e. The van der Waals surface area contributed by atoms with E-state index in [1.807, 2.05) is 13.0 Å². The number of fused-ring (bicyclic) bond motifs is 1. The maximum absolute atomic E-state index is 14.2. The zero-order valence-electron chi connectivity index (χ0n) is 15.2. The molecule has 0 unspecified atom stereocenters. The van der Waals surface area contributed by atoms with Crippen molar-refractivity contribution in [1.29, 1.82) is 0 Å². The van der Waals surface area contributed by atoms with Gasteiger partial charge >= 0.3 is 0 Å². The van der Waals surface area contributed by atoms with Crippen molar-refractivity contribution >= 4 is 17.3 Å². The minimum absolute atomic E-state index is 0.00885. The molecule has 1 heterocycles. The lowest BCUT2D eigenvalue weighted by Gasteiger charge is -2.27. The van der Waals surface area contributed by atoms with Gasteiger partial charge in [0.05, 0.1) is 12.3 Å². The third-order valence-electron chi connectivity index (χ3n) is 4.61. The molecule has 0 saturated heterocycles. The first-order chi connectivity index (χ1) is 13.6. The SMILES string of the molecule is CCOc1ccc(N2C(=O)c3ccccc3[C@H]2Nc2cc(F)ccc2F)cc1. The van der Waals surface area contributed by atoms with Gasteiger partial charge in [-0.25, -0.2) is 8.78 Å². The second-order valence-electron chi connectivity index (χ2n) is 6.36. The molecule has 1 N–H and O–H groups in total. The number of benzene rings is 3. The maximum atomic E-state index is 14.2. The zero-order valence-corrected chi connectivity index (χ0v) is 15.2. The normalized spacial score (nSPS) is 15.5. The highest BCUT2D eigenvalue weighted by Gasteiger charge is 2.37. The van der Waals surface area contributed by atoms with Crippen LogP contribution in [0, 0.1) is 11.6 Å². The van der Waals surface area contributed by atoms with Gasteiger partial charge in [0.15, 0.2) is 0 Å². The molecular formula is C22H18F2N2O2. The Balaban J connectivity index is 1.75. The van der Waals surface area contributed by atoms with Gasteiger partial charge in [0, 0.05) is 22.9 Å². The van der Waals surface area contributed by atoms with Gasteiger partial charge in [-0.05, 0) is 49.4 Å². The molecule has 6 heteroatoms. The summed E-state index contributed by atoms with van der Waals surface area (Å²) >= 11 is 0. The largest absolute Gasteiger partial charge is 0.494 e. The molecule has 4 nitrogen and oxygen atoms in total. The van der Waals surface area contributed by atoms with Gasteiger partial charge in [-0.2, -0.15) is 0 Å². The molecule has 3 aromatic carbocycles. The van der Waals surface area contributed by atoms with E-state index in [-0.39, 0.29) is 11.6 Å². The van der Waals surface area contributed by atoms with Crippen LogP contribution in [-0.2, 0) is 0 Å². The Morgan fingerprint density at radius 1 is 1.04 bits per heavy atom. The summed E-state index contributed by atoms with van der Waals surface area (Å²) in [6.07, 6.45) is -0.669. The van der Waals surface area contributed by atoms with Crippen LogP contribution in [0.5, 0.6) is 5.75 Å². The van der Waals surface area contributed by atoms with Crippen LogP contribution < -0.4 is 15.0 Å². The lowest BCUT2D eigenvalue weighted by atomic mass is 10.1. The summed E-state index contributed by atoms with van der Waals surface area (Å²) in [5.41, 5.74) is 1.83. The Morgan fingerprint density at radius 3 is 2.54 bits per heavy atom. The number of hydrogen-bond donors (Lipinski definition) is 1. The third-order valence-corrected chi connectivity index (χ3v) is 4.61. The van der Waals surface area contributed by atoms with E-state index < -0.39 is 17.8 Å². The van der Waals surface area contributed by atoms with Crippen molar-refractivity contribution in [3.05, 3.63) is 89.5 Å². The molecule has 0 saturated carbocycles. The molecule has 1 aliphatic rings. The highest BCUT2D eigenvalue weighted by atomic mass is 19.1. The smallest absolute Gasteiger partial charge is 0.260 e. The number of halogens is 2. The second kappa shape index (κ2) is 7.31. The van der Waals surface area contributed by atoms with E-state index in [4.69, 9.17) is 4.74 Å². The molecule has 0 fully saturated rings. The van der Waals surface area contributed by atoms with E-state index in [1.54, 1.807) is 42.5 Å². The molecule has 3 aromatic rings. The number of carbonyl (C=O) groups is 1. The van der Waals surface area contributed by atoms with Crippen molar-refractivity contribution in [2.75, 3.05) is 16.8 Å². The van der Waals surface area contributed by atoms with E-state index in [2.05, 4.69) is 5.32 Å². The Bertz CT molecular complexity index is 1020. The van der Waals surface area contributed by atoms with E-state index in [9.17, 15) is 13.6 Å². The topological polar surface area (TPSA) is 41.6 Å². The molecule has 0 spiro atoms. The van der Waals surface area contributed by atoms with Crippen molar-refractivity contribution in [2.24, 2.45) is 0 Å². The van der Waals surface area contributed by atoms with Gasteiger partial charge in [-0.15, -0.1) is 0 Å². The lowest BCUT2D eigenvalue weighted by molar-refractivity contribution is 0.0993. The Hall–Kier alpha value is -3.41. The maximum Gasteiger partial charge on any atom is 0.260 e. The number of hydrogen-bond acceptors (Lipinski definition) is 3. The van der Waals surface area contributed by atoms with Crippen LogP contribution in [0.3, 0.4) is 0 Å². The van der Waals surface area contributed by atoms with Crippen molar-refractivity contribution in [2.45, 2.75) is 13.1 Å². The van der Waals surface area contributed by atoms with Crippen LogP contribution in [0.15, 0.2) is 66.7 Å². The number of carbonyl (C=O) groups excluding carboxylic acids is 1. The Morgan fingerprint density at radius 2 is 1.79 bits per heavy atom. The van der Waals surface area contributed by atoms with E-state index in [0.717, 1.165) is 18.2 Å². The number of amides is 1. The molecule has 0 aromatic heterocycles. The molecule has 0 bridgehead atoms. The fourth-order valence-corrected chi connectivity index (χ4v) is 3.35. The van der Waals surface area contributed by atoms with Crippen LogP contribution in [-0.4, -0.2) is 12.5 Å². The molecule has 0 radical (unpaired) electrons. The van der Waals surface area contributed by atoms with Gasteiger partial charge < -0.3 is 10.1 Å². The first-order valence-electron chi connectivity index (χ1n) is 8.95. The van der Waals surface area contributed by atoms with Crippen molar-refractivity contribution in [3.63, 3.8) is 0 Å². The van der Waals surface area contributed by atoms with Crippen molar-refractivity contribution in [3.8, 4) is 5.75 Å². The highest BCUT2D eigenvalue weighted by Crippen LogP contribution is 2.38. The van der Waals surface area contributed by atoms with Crippen LogP contribution in [0.1, 0.15) is 29.0 Å². The van der Waals surface area contributed by atoms with Crippen LogP contribution in [0.25, 0.3) is 0 Å². The quantitative estimate of drug-likeness (QED) is 0.667. The summed E-state index contributed by atoms with van der Waals surface area (Å²) in [6.45, 7) is 2.43. The molecular weight excluding hydrogens is 362 g/mol. The van der Waals surface area contributed by atoms with Gasteiger partial charge in [-0.3, -0.25) is 9.69 Å². The monoisotopic (exact) mass is 380 g/mol. The highest BCUT2D eigenvalue weighted by molar-refractivity contribution is 6.11. The predicted octanol–water partition coefficient (Wildman–Crippen LogP) is 5.13. The fraction of sp³-hybridized carbons (Fsp3) is 0.136. The molecule has 1 aliphatic heterocycles. The van der Waals surface area contributed by atoms with E-state index >= 15 is 0 Å². The van der Waals surface area contributed by atoms with E-state index in [1.165, 1.54) is 4.90 Å². The average molecular weight is 380 g/mol. The van der Waals surface area contributed by atoms with Gasteiger partial charge in [0.2, 0.25) is 0 Å². The zero-order chi connectivity index (χ0) is 19.7. The number of ether oxygens (including phenoxy) is 1. The van der Waals surface area contributed by atoms with Crippen molar-refractivity contribution < 1.29 is 18.3 Å². The number of anilines is 2. The first-order valence-corrected chi connectivity index (χ1v) is 8.95. The second-order valence-corrected chi connectivity index (χ2v) is 6.36. The predicted molar refractivity (Wildman–Crippen MR) is 104 cm³/mol. The Labute approximate surface area is 161 Å². The molecule has 28 heavy (non-hydrogen) atoms.